The molecule has 0 spiro atoms. The van der Waals surface area contributed by atoms with Crippen molar-refractivity contribution >= 4 is 19.8 Å². The van der Waals surface area contributed by atoms with Crippen molar-refractivity contribution in [2.45, 2.75) is 39.5 Å². The van der Waals surface area contributed by atoms with Gasteiger partial charge in [-0.25, -0.2) is 0 Å². The molecule has 4 aliphatic rings. The molecule has 3 unspecified atom stereocenters. The van der Waals surface area contributed by atoms with E-state index < -0.39 is 23.3 Å². The Morgan fingerprint density at radius 2 is 2.00 bits per heavy atom. The first kappa shape index (κ1) is 16.3. The van der Waals surface area contributed by atoms with E-state index in [0.717, 1.165) is 34.3 Å². The zero-order valence-corrected chi connectivity index (χ0v) is 20.0. The molecular formula is C19H21ClHgO2. The van der Waals surface area contributed by atoms with Crippen molar-refractivity contribution in [3.8, 4) is 0 Å². The molecule has 0 saturated heterocycles. The summed E-state index contributed by atoms with van der Waals surface area (Å²) in [5, 5.41) is 0. The third kappa shape index (κ3) is 2.16. The Labute approximate surface area is 153 Å². The molecule has 2 nitrogen and oxygen atoms in total. The molecule has 118 valence electrons. The van der Waals surface area contributed by atoms with Crippen molar-refractivity contribution in [2.75, 3.05) is 0 Å². The van der Waals surface area contributed by atoms with Gasteiger partial charge in [0.15, 0.2) is 0 Å². The molecule has 0 bridgehead atoms. The number of halogens is 1. The number of hydrogen-bond acceptors (Lipinski definition) is 2. The van der Waals surface area contributed by atoms with Crippen LogP contribution in [0.25, 0.3) is 0 Å². The van der Waals surface area contributed by atoms with Gasteiger partial charge in [0.2, 0.25) is 0 Å². The van der Waals surface area contributed by atoms with Gasteiger partial charge in [0.05, 0.1) is 0 Å². The molecule has 4 rings (SSSR count). The Kier molecular flexibility index (Phi) is 3.81. The second-order valence-electron chi connectivity index (χ2n) is 8.12. The van der Waals surface area contributed by atoms with Gasteiger partial charge in [-0.05, 0) is 0 Å². The van der Waals surface area contributed by atoms with Crippen LogP contribution in [0.5, 0.6) is 0 Å². The summed E-state index contributed by atoms with van der Waals surface area (Å²) in [6.45, 7) is 4.47. The van der Waals surface area contributed by atoms with E-state index in [1.807, 2.05) is 6.08 Å². The van der Waals surface area contributed by atoms with Crippen molar-refractivity contribution in [1.29, 1.82) is 0 Å². The number of rotatable bonds is 1. The van der Waals surface area contributed by atoms with Gasteiger partial charge in [0.25, 0.3) is 0 Å². The van der Waals surface area contributed by atoms with E-state index >= 15 is 0 Å². The molecular weight excluding hydrogens is 496 g/mol. The Morgan fingerprint density at radius 3 is 2.74 bits per heavy atom. The molecule has 2 fully saturated rings. The van der Waals surface area contributed by atoms with Gasteiger partial charge < -0.3 is 0 Å². The van der Waals surface area contributed by atoms with Crippen LogP contribution in [0.1, 0.15) is 39.5 Å². The number of ketones is 2. The van der Waals surface area contributed by atoms with Gasteiger partial charge in [-0.1, -0.05) is 0 Å². The molecule has 0 amide bonds. The zero-order valence-electron chi connectivity index (χ0n) is 13.8. The molecule has 0 aromatic rings. The molecule has 0 heterocycles. The van der Waals surface area contributed by atoms with Crippen LogP contribution in [0.15, 0.2) is 33.0 Å². The third-order valence-corrected chi connectivity index (χ3v) is 12.9. The van der Waals surface area contributed by atoms with E-state index in [9.17, 15) is 9.59 Å². The number of fused-ring (bicyclic) bond motifs is 5. The number of hydrogen-bond donors (Lipinski definition) is 0. The van der Waals surface area contributed by atoms with Crippen LogP contribution in [-0.4, -0.2) is 11.6 Å². The maximum atomic E-state index is 12.4. The summed E-state index contributed by atoms with van der Waals surface area (Å²) in [5.74, 6) is 2.04. The molecule has 0 aromatic heterocycles. The van der Waals surface area contributed by atoms with Crippen molar-refractivity contribution in [3.63, 3.8) is 0 Å². The number of carbonyl (C=O) groups is 2. The van der Waals surface area contributed by atoms with Gasteiger partial charge in [0.1, 0.15) is 0 Å². The first-order chi connectivity index (χ1) is 10.9. The van der Waals surface area contributed by atoms with Crippen molar-refractivity contribution in [3.05, 3.63) is 33.0 Å². The molecule has 23 heavy (non-hydrogen) atoms. The van der Waals surface area contributed by atoms with Crippen LogP contribution in [0.3, 0.4) is 0 Å². The van der Waals surface area contributed by atoms with Gasteiger partial charge in [-0.15, -0.1) is 0 Å². The topological polar surface area (TPSA) is 34.1 Å². The first-order valence-corrected chi connectivity index (χ1v) is 18.2. The Hall–Kier alpha value is -0.215. The molecule has 0 aromatic carbocycles. The first-order valence-electron chi connectivity index (χ1n) is 8.66. The Bertz CT molecular complexity index is 691. The Balaban J connectivity index is 1.79. The minimum atomic E-state index is -1.73. The summed E-state index contributed by atoms with van der Waals surface area (Å²) in [5.41, 5.74) is 0.968. The van der Waals surface area contributed by atoms with Crippen LogP contribution >= 0.6 is 8.25 Å². The quantitative estimate of drug-likeness (QED) is 0.489. The fraction of sp³-hybridized carbons (Fsp3) is 0.579. The van der Waals surface area contributed by atoms with E-state index in [2.05, 4.69) is 32.1 Å². The number of Topliss-reactive ketones (excluding diaryl/α,β-unsaturated/α-hetero) is 1. The SMILES string of the molecule is C[C@]12C=[C]([Hg][Cl])C(=O)C=C1C=CC1C2CC[C@]2(C)C(=O)CCC12. The zero-order chi connectivity index (χ0) is 16.4. The van der Waals surface area contributed by atoms with E-state index in [-0.39, 0.29) is 16.6 Å². The third-order valence-electron chi connectivity index (χ3n) is 7.15. The summed E-state index contributed by atoms with van der Waals surface area (Å²) in [4.78, 5) is 24.6. The average Bonchev–Trinajstić information content (AvgIpc) is 2.83. The molecule has 4 aliphatic carbocycles. The normalized spacial score (nSPS) is 44.7. The maximum absolute atomic E-state index is 12.4. The number of allylic oxidation sites excluding steroid dienone is 6. The molecule has 2 saturated carbocycles. The summed E-state index contributed by atoms with van der Waals surface area (Å²) >= 11 is -1.73. The number of carbonyl (C=O) groups excluding carboxylic acids is 2. The van der Waals surface area contributed by atoms with Crippen LogP contribution in [-0.2, 0) is 32.9 Å². The van der Waals surface area contributed by atoms with Crippen LogP contribution in [0.4, 0.5) is 0 Å². The fourth-order valence-corrected chi connectivity index (χ4v) is 10.4. The van der Waals surface area contributed by atoms with Crippen LogP contribution in [0, 0.1) is 28.6 Å². The van der Waals surface area contributed by atoms with Crippen molar-refractivity contribution in [1.82, 2.24) is 0 Å². The molecule has 0 aliphatic heterocycles. The second kappa shape index (κ2) is 5.39. The predicted molar refractivity (Wildman–Crippen MR) is 86.3 cm³/mol. The van der Waals surface area contributed by atoms with Crippen LogP contribution in [0.2, 0.25) is 0 Å². The van der Waals surface area contributed by atoms with Crippen molar-refractivity contribution in [2.24, 2.45) is 28.6 Å². The standard InChI is InChI=1S/C19H21O2.ClH.Hg/c1-18-9-7-13(20)11-12(18)3-4-14-15-5-6-17(21)19(15,2)10-8-16(14)18;;/h3-4,9,11,14-16H,5-6,8,10H2,1-2H3;1H;/q;;+1/p-1/t14?,15?,16?,18-,19-;;/m0../s1. The predicted octanol–water partition coefficient (Wildman–Crippen LogP) is 4.20. The van der Waals surface area contributed by atoms with E-state index in [0.29, 0.717) is 23.5 Å². The molecule has 0 radical (unpaired) electrons. The summed E-state index contributed by atoms with van der Waals surface area (Å²) < 4.78 is 0.947. The molecule has 5 atom stereocenters. The summed E-state index contributed by atoms with van der Waals surface area (Å²) in [7, 11) is 6.22. The van der Waals surface area contributed by atoms with E-state index in [1.54, 1.807) is 0 Å². The fourth-order valence-electron chi connectivity index (χ4n) is 5.71. The van der Waals surface area contributed by atoms with Gasteiger partial charge in [0, 0.05) is 0 Å². The molecule has 4 heteroatoms. The molecule has 0 N–H and O–H groups in total. The second-order valence-corrected chi connectivity index (χ2v) is 14.5. The van der Waals surface area contributed by atoms with E-state index in [4.69, 9.17) is 8.25 Å². The van der Waals surface area contributed by atoms with Gasteiger partial charge in [-0.2, -0.15) is 0 Å². The van der Waals surface area contributed by atoms with Crippen LogP contribution < -0.4 is 0 Å². The monoisotopic (exact) mass is 518 g/mol. The Morgan fingerprint density at radius 1 is 1.22 bits per heavy atom. The summed E-state index contributed by atoms with van der Waals surface area (Å²) in [6, 6.07) is 0. The average molecular weight is 517 g/mol. The van der Waals surface area contributed by atoms with E-state index in [1.165, 1.54) is 0 Å². The van der Waals surface area contributed by atoms with Crippen molar-refractivity contribution < 1.29 is 32.9 Å². The summed E-state index contributed by atoms with van der Waals surface area (Å²) in [6.07, 6.45) is 12.4. The minimum absolute atomic E-state index is 0.0650. The van der Waals surface area contributed by atoms with Gasteiger partial charge in [-0.3, -0.25) is 0 Å². The van der Waals surface area contributed by atoms with Gasteiger partial charge >= 0.3 is 154 Å².